The molecule has 0 amide bonds. The third-order valence-electron chi connectivity index (χ3n) is 2.59. The lowest BCUT2D eigenvalue weighted by Gasteiger charge is -1.97. The maximum atomic E-state index is 11.4. The second-order valence-corrected chi connectivity index (χ2v) is 4.21. The lowest BCUT2D eigenvalue weighted by atomic mass is 10.1. The molecule has 0 aliphatic rings. The molecular formula is C14H15NO. The fourth-order valence-electron chi connectivity index (χ4n) is 1.55. The molecule has 82 valence electrons. The first-order chi connectivity index (χ1) is 7.66. The fraction of sp³-hybridized carbons (Fsp3) is 0.214. The van der Waals surface area contributed by atoms with Crippen LogP contribution in [0.4, 0.5) is 0 Å². The molecule has 1 aromatic heterocycles. The van der Waals surface area contributed by atoms with E-state index in [1.807, 2.05) is 44.3 Å². The summed E-state index contributed by atoms with van der Waals surface area (Å²) in [6.45, 7) is 3.81. The van der Waals surface area contributed by atoms with Crippen LogP contribution in [0.5, 0.6) is 0 Å². The standard InChI is InChI=1S/C14H15NO/c1-10(2)14(16)6-4-11-3-5-13-12(9-11)7-8-15-13/h3-10,15H,1-2H3/b6-4+. The second-order valence-electron chi connectivity index (χ2n) is 4.21. The average Bonchev–Trinajstić information content (AvgIpc) is 2.72. The van der Waals surface area contributed by atoms with Gasteiger partial charge in [-0.2, -0.15) is 0 Å². The molecule has 0 saturated heterocycles. The van der Waals surface area contributed by atoms with Gasteiger partial charge in [0.25, 0.3) is 0 Å². The van der Waals surface area contributed by atoms with Crippen molar-refractivity contribution in [3.63, 3.8) is 0 Å². The maximum Gasteiger partial charge on any atom is 0.158 e. The van der Waals surface area contributed by atoms with E-state index in [0.29, 0.717) is 0 Å². The summed E-state index contributed by atoms with van der Waals surface area (Å²) in [5, 5.41) is 1.17. The number of aromatic nitrogens is 1. The van der Waals surface area contributed by atoms with Gasteiger partial charge in [-0.15, -0.1) is 0 Å². The Bertz CT molecular complexity index is 534. The zero-order valence-corrected chi connectivity index (χ0v) is 9.53. The highest BCUT2D eigenvalue weighted by molar-refractivity contribution is 5.95. The molecule has 16 heavy (non-hydrogen) atoms. The van der Waals surface area contributed by atoms with E-state index in [2.05, 4.69) is 11.1 Å². The van der Waals surface area contributed by atoms with Gasteiger partial charge in [0.15, 0.2) is 5.78 Å². The molecule has 0 atom stereocenters. The molecule has 0 radical (unpaired) electrons. The number of rotatable bonds is 3. The Kier molecular flexibility index (Phi) is 2.91. The summed E-state index contributed by atoms with van der Waals surface area (Å²) in [7, 11) is 0. The number of benzene rings is 1. The highest BCUT2D eigenvalue weighted by Crippen LogP contribution is 2.15. The van der Waals surface area contributed by atoms with Crippen LogP contribution in [0.1, 0.15) is 19.4 Å². The Balaban J connectivity index is 2.24. The van der Waals surface area contributed by atoms with Crippen LogP contribution in [0.2, 0.25) is 0 Å². The van der Waals surface area contributed by atoms with E-state index < -0.39 is 0 Å². The van der Waals surface area contributed by atoms with Crippen LogP contribution in [-0.4, -0.2) is 10.8 Å². The van der Waals surface area contributed by atoms with Gasteiger partial charge in [-0.25, -0.2) is 0 Å². The van der Waals surface area contributed by atoms with E-state index in [0.717, 1.165) is 11.1 Å². The van der Waals surface area contributed by atoms with Gasteiger partial charge in [0.05, 0.1) is 0 Å². The number of fused-ring (bicyclic) bond motifs is 1. The third-order valence-corrected chi connectivity index (χ3v) is 2.59. The van der Waals surface area contributed by atoms with E-state index in [1.165, 1.54) is 5.39 Å². The highest BCUT2D eigenvalue weighted by Gasteiger charge is 2.01. The number of H-pyrrole nitrogens is 1. The Morgan fingerprint density at radius 1 is 1.31 bits per heavy atom. The van der Waals surface area contributed by atoms with Crippen LogP contribution in [0.15, 0.2) is 36.5 Å². The summed E-state index contributed by atoms with van der Waals surface area (Å²) in [5.41, 5.74) is 2.17. The van der Waals surface area contributed by atoms with E-state index in [4.69, 9.17) is 0 Å². The number of hydrogen-bond donors (Lipinski definition) is 1. The Hall–Kier alpha value is -1.83. The highest BCUT2D eigenvalue weighted by atomic mass is 16.1. The smallest absolute Gasteiger partial charge is 0.158 e. The van der Waals surface area contributed by atoms with E-state index in [9.17, 15) is 4.79 Å². The number of aromatic amines is 1. The van der Waals surface area contributed by atoms with Gasteiger partial charge < -0.3 is 4.98 Å². The minimum Gasteiger partial charge on any atom is -0.361 e. The van der Waals surface area contributed by atoms with Gasteiger partial charge in [-0.3, -0.25) is 4.79 Å². The summed E-state index contributed by atoms with van der Waals surface area (Å²) < 4.78 is 0. The van der Waals surface area contributed by atoms with Crippen molar-refractivity contribution in [1.82, 2.24) is 4.98 Å². The molecule has 2 aromatic rings. The zero-order chi connectivity index (χ0) is 11.5. The molecule has 1 aromatic carbocycles. The first kappa shape index (κ1) is 10.7. The Morgan fingerprint density at radius 2 is 2.12 bits per heavy atom. The van der Waals surface area contributed by atoms with Crippen LogP contribution in [-0.2, 0) is 4.79 Å². The van der Waals surface area contributed by atoms with Gasteiger partial charge in [-0.1, -0.05) is 26.0 Å². The first-order valence-corrected chi connectivity index (χ1v) is 5.46. The fourth-order valence-corrected chi connectivity index (χ4v) is 1.55. The maximum absolute atomic E-state index is 11.4. The van der Waals surface area contributed by atoms with Crippen LogP contribution in [0, 0.1) is 5.92 Å². The molecular weight excluding hydrogens is 198 g/mol. The molecule has 1 heterocycles. The van der Waals surface area contributed by atoms with Gasteiger partial charge in [0, 0.05) is 17.6 Å². The first-order valence-electron chi connectivity index (χ1n) is 5.46. The number of ketones is 1. The summed E-state index contributed by atoms with van der Waals surface area (Å²) in [6, 6.07) is 8.12. The minimum atomic E-state index is 0.0623. The zero-order valence-electron chi connectivity index (χ0n) is 9.53. The van der Waals surface area contributed by atoms with Crippen molar-refractivity contribution < 1.29 is 4.79 Å². The van der Waals surface area contributed by atoms with Gasteiger partial charge >= 0.3 is 0 Å². The van der Waals surface area contributed by atoms with Crippen LogP contribution < -0.4 is 0 Å². The minimum absolute atomic E-state index is 0.0623. The topological polar surface area (TPSA) is 32.9 Å². The van der Waals surface area contributed by atoms with Gasteiger partial charge in [-0.05, 0) is 35.2 Å². The van der Waals surface area contributed by atoms with Crippen molar-refractivity contribution in [2.45, 2.75) is 13.8 Å². The predicted molar refractivity (Wildman–Crippen MR) is 67.2 cm³/mol. The van der Waals surface area contributed by atoms with E-state index >= 15 is 0 Å². The normalized spacial score (nSPS) is 11.7. The van der Waals surface area contributed by atoms with E-state index in [-0.39, 0.29) is 11.7 Å². The average molecular weight is 213 g/mol. The SMILES string of the molecule is CC(C)C(=O)/C=C/c1ccc2[nH]ccc2c1. The van der Waals surface area contributed by atoms with Crippen molar-refractivity contribution >= 4 is 22.8 Å². The van der Waals surface area contributed by atoms with Crippen molar-refractivity contribution in [1.29, 1.82) is 0 Å². The molecule has 0 unspecified atom stereocenters. The summed E-state index contributed by atoms with van der Waals surface area (Å²) >= 11 is 0. The molecule has 2 rings (SSSR count). The molecule has 0 saturated carbocycles. The molecule has 0 aliphatic carbocycles. The summed E-state index contributed by atoms with van der Waals surface area (Å²) in [5.74, 6) is 0.224. The monoisotopic (exact) mass is 213 g/mol. The van der Waals surface area contributed by atoms with Crippen LogP contribution in [0.25, 0.3) is 17.0 Å². The number of hydrogen-bond acceptors (Lipinski definition) is 1. The van der Waals surface area contributed by atoms with Crippen molar-refractivity contribution in [3.8, 4) is 0 Å². The third kappa shape index (κ3) is 2.22. The molecule has 0 fully saturated rings. The molecule has 2 nitrogen and oxygen atoms in total. The molecule has 0 bridgehead atoms. The molecule has 0 aliphatic heterocycles. The molecule has 1 N–H and O–H groups in total. The largest absolute Gasteiger partial charge is 0.361 e. The second kappa shape index (κ2) is 4.35. The number of allylic oxidation sites excluding steroid dienone is 1. The summed E-state index contributed by atoms with van der Waals surface area (Å²) in [6.07, 6.45) is 5.44. The van der Waals surface area contributed by atoms with Gasteiger partial charge in [0.1, 0.15) is 0 Å². The van der Waals surface area contributed by atoms with Crippen LogP contribution in [0.3, 0.4) is 0 Å². The van der Waals surface area contributed by atoms with Crippen molar-refractivity contribution in [3.05, 3.63) is 42.1 Å². The lowest BCUT2D eigenvalue weighted by molar-refractivity contribution is -0.117. The quantitative estimate of drug-likeness (QED) is 0.779. The van der Waals surface area contributed by atoms with Gasteiger partial charge in [0.2, 0.25) is 0 Å². The number of carbonyl (C=O) groups is 1. The predicted octanol–water partition coefficient (Wildman–Crippen LogP) is 3.41. The number of nitrogens with one attached hydrogen (secondary N) is 1. The van der Waals surface area contributed by atoms with Crippen molar-refractivity contribution in [2.75, 3.05) is 0 Å². The number of carbonyl (C=O) groups excluding carboxylic acids is 1. The van der Waals surface area contributed by atoms with Crippen LogP contribution >= 0.6 is 0 Å². The Morgan fingerprint density at radius 3 is 2.88 bits per heavy atom. The van der Waals surface area contributed by atoms with E-state index in [1.54, 1.807) is 6.08 Å². The summed E-state index contributed by atoms with van der Waals surface area (Å²) in [4.78, 5) is 14.6. The Labute approximate surface area is 95.0 Å². The lowest BCUT2D eigenvalue weighted by Crippen LogP contribution is -2.01. The molecule has 0 spiro atoms. The van der Waals surface area contributed by atoms with Crippen molar-refractivity contribution in [2.24, 2.45) is 5.92 Å². The molecule has 2 heteroatoms.